The van der Waals surface area contributed by atoms with Gasteiger partial charge in [0, 0.05) is 0 Å². The van der Waals surface area contributed by atoms with E-state index in [1.165, 1.54) is 0 Å². The van der Waals surface area contributed by atoms with Crippen molar-refractivity contribution >= 4 is 0 Å². The fourth-order valence-electron chi connectivity index (χ4n) is 11.8. The van der Waals surface area contributed by atoms with Crippen molar-refractivity contribution in [1.29, 1.82) is 0 Å². The van der Waals surface area contributed by atoms with Crippen molar-refractivity contribution in [3.63, 3.8) is 0 Å². The molecule has 0 heteroatoms. The van der Waals surface area contributed by atoms with E-state index in [0.717, 1.165) is 68.5 Å². The molecule has 0 radical (unpaired) electrons. The summed E-state index contributed by atoms with van der Waals surface area (Å²) in [5.74, 6) is 7.98. The predicted molar refractivity (Wildman–Crippen MR) is 74.2 cm³/mol. The Labute approximate surface area is 116 Å². The van der Waals surface area contributed by atoms with Crippen LogP contribution in [0.15, 0.2) is 0 Å². The molecular weight excluding hydrogens is 228 g/mol. The average molecular weight is 254 g/mol. The van der Waals surface area contributed by atoms with E-state index in [0.29, 0.717) is 0 Å². The smallest absolute Gasteiger partial charge is 0.0167 e. The Morgan fingerprint density at radius 2 is 0.947 bits per heavy atom. The molecule has 0 aromatic carbocycles. The third-order valence-electron chi connectivity index (χ3n) is 12.6. The summed E-state index contributed by atoms with van der Waals surface area (Å²) in [6.45, 7) is 13.7. The molecule has 7 fully saturated rings. The van der Waals surface area contributed by atoms with Crippen molar-refractivity contribution in [2.75, 3.05) is 0 Å². The lowest BCUT2D eigenvalue weighted by atomic mass is 9.02. The fraction of sp³-hybridized carbons (Fsp3) is 1.00. The maximum Gasteiger partial charge on any atom is -0.0167 e. The minimum Gasteiger partial charge on any atom is -0.0585 e. The summed E-state index contributed by atoms with van der Waals surface area (Å²) >= 11 is 0. The summed E-state index contributed by atoms with van der Waals surface area (Å²) < 4.78 is 0. The van der Waals surface area contributed by atoms with E-state index in [4.69, 9.17) is 0 Å². The predicted octanol–water partition coefficient (Wildman–Crippen LogP) is 4.21. The Bertz CT molecular complexity index is 557. The van der Waals surface area contributed by atoms with Crippen LogP contribution in [0.2, 0.25) is 0 Å². The van der Waals surface area contributed by atoms with Gasteiger partial charge in [0.05, 0.1) is 0 Å². The van der Waals surface area contributed by atoms with Crippen LogP contribution in [0.4, 0.5) is 0 Å². The van der Waals surface area contributed by atoms with Crippen molar-refractivity contribution < 1.29 is 0 Å². The Hall–Kier alpha value is 0. The summed E-state index contributed by atoms with van der Waals surface area (Å²) in [6.07, 6.45) is 3.25. The molecule has 0 bridgehead atoms. The van der Waals surface area contributed by atoms with E-state index >= 15 is 0 Å². The zero-order chi connectivity index (χ0) is 13.0. The van der Waals surface area contributed by atoms with Crippen LogP contribution in [0.5, 0.6) is 0 Å². The summed E-state index contributed by atoms with van der Waals surface area (Å²) in [4.78, 5) is 0. The topological polar surface area (TPSA) is 0 Å². The second-order valence-electron chi connectivity index (χ2n) is 10.6. The van der Waals surface area contributed by atoms with Gasteiger partial charge in [0.2, 0.25) is 0 Å². The third kappa shape index (κ3) is 0.410. The van der Waals surface area contributed by atoms with E-state index < -0.39 is 0 Å². The Kier molecular flexibility index (Phi) is 0.960. The normalized spacial score (nSPS) is 93.6. The molecule has 102 valence electrons. The molecule has 7 aliphatic carbocycles. The lowest BCUT2D eigenvalue weighted by molar-refractivity contribution is -0.553. The van der Waals surface area contributed by atoms with Gasteiger partial charge in [-0.15, -0.1) is 0 Å². The van der Waals surface area contributed by atoms with Gasteiger partial charge in [-0.25, -0.2) is 0 Å². The third-order valence-corrected chi connectivity index (χ3v) is 12.6. The Balaban J connectivity index is 1.62. The molecule has 0 aliphatic heterocycles. The zero-order valence-electron chi connectivity index (χ0n) is 13.0. The fourth-order valence-corrected chi connectivity index (χ4v) is 11.8. The van der Waals surface area contributed by atoms with Crippen molar-refractivity contribution in [2.45, 2.75) is 47.5 Å². The van der Waals surface area contributed by atoms with Crippen LogP contribution in [0, 0.1) is 68.5 Å². The van der Waals surface area contributed by atoms with Gasteiger partial charge in [0.15, 0.2) is 0 Å². The van der Waals surface area contributed by atoms with Crippen molar-refractivity contribution in [3.8, 4) is 0 Å². The van der Waals surface area contributed by atoms with Crippen molar-refractivity contribution in [2.24, 2.45) is 68.5 Å². The van der Waals surface area contributed by atoms with Crippen LogP contribution in [-0.4, -0.2) is 0 Å². The highest BCUT2D eigenvalue weighted by Crippen LogP contribution is 3.09. The van der Waals surface area contributed by atoms with Crippen molar-refractivity contribution in [3.05, 3.63) is 0 Å². The first kappa shape index (κ1) is 9.85. The molecule has 10 atom stereocenters. The first-order chi connectivity index (χ1) is 8.82. The molecule has 0 nitrogen and oxygen atoms in total. The van der Waals surface area contributed by atoms with E-state index in [9.17, 15) is 0 Å². The van der Waals surface area contributed by atoms with E-state index in [1.807, 2.05) is 0 Å². The minimum absolute atomic E-state index is 0.722. The highest BCUT2D eigenvalue weighted by atomic mass is 15.1. The maximum absolute atomic E-state index is 2.74. The van der Waals surface area contributed by atoms with Crippen LogP contribution >= 0.6 is 0 Å². The highest BCUT2D eigenvalue weighted by molar-refractivity contribution is 5.52. The lowest BCUT2D eigenvalue weighted by Gasteiger charge is -3.02. The van der Waals surface area contributed by atoms with Crippen LogP contribution < -0.4 is 0 Å². The van der Waals surface area contributed by atoms with Crippen LogP contribution in [0.3, 0.4) is 0 Å². The molecule has 7 saturated carbocycles. The summed E-state index contributed by atoms with van der Waals surface area (Å²) in [7, 11) is 0. The molecule has 0 aromatic rings. The SMILES string of the molecule is CC12C3CC1C1C4C5C6CC3C6(C)C5(C)C4(C)C12C. The second kappa shape index (κ2) is 1.85. The quantitative estimate of drug-likeness (QED) is 0.607. The largest absolute Gasteiger partial charge is 0.0585 e. The van der Waals surface area contributed by atoms with Crippen LogP contribution in [-0.2, 0) is 0 Å². The number of hydrogen-bond acceptors (Lipinski definition) is 0. The van der Waals surface area contributed by atoms with Gasteiger partial charge in [-0.05, 0) is 81.3 Å². The van der Waals surface area contributed by atoms with Gasteiger partial charge in [-0.3, -0.25) is 0 Å². The van der Waals surface area contributed by atoms with E-state index in [1.54, 1.807) is 12.8 Å². The first-order valence-electron chi connectivity index (χ1n) is 8.82. The summed E-state index contributed by atoms with van der Waals surface area (Å²) in [5, 5.41) is 0. The average Bonchev–Trinajstić information content (AvgIpc) is 2.57. The Morgan fingerprint density at radius 3 is 1.37 bits per heavy atom. The lowest BCUT2D eigenvalue weighted by Crippen LogP contribution is -2.98. The van der Waals surface area contributed by atoms with Crippen LogP contribution in [0.25, 0.3) is 0 Å². The van der Waals surface area contributed by atoms with E-state index in [-0.39, 0.29) is 0 Å². The molecule has 0 saturated heterocycles. The number of fused-ring (bicyclic) bond motifs is 5. The minimum atomic E-state index is 0.722. The summed E-state index contributed by atoms with van der Waals surface area (Å²) in [5.41, 5.74) is 3.70. The molecule has 0 N–H and O–H groups in total. The number of hydrogen-bond donors (Lipinski definition) is 0. The van der Waals surface area contributed by atoms with Crippen molar-refractivity contribution in [1.82, 2.24) is 0 Å². The highest BCUT2D eigenvalue weighted by Gasteiger charge is 3.05. The van der Waals surface area contributed by atoms with Gasteiger partial charge in [0.25, 0.3) is 0 Å². The van der Waals surface area contributed by atoms with Gasteiger partial charge in [-0.2, -0.15) is 0 Å². The molecule has 0 heterocycles. The molecular formula is C19H26. The second-order valence-corrected chi connectivity index (χ2v) is 10.6. The zero-order valence-corrected chi connectivity index (χ0v) is 13.0. The van der Waals surface area contributed by atoms with E-state index in [2.05, 4.69) is 34.6 Å². The first-order valence-corrected chi connectivity index (χ1v) is 8.82. The Morgan fingerprint density at radius 1 is 0.526 bits per heavy atom. The standard InChI is InChI=1S/C19H26/c1-15-8-6-10(15)12-14-13-11-7-9(8)16(11,2)18(13,4)19(14,5)17(12,15)3/h8-14H,6-7H2,1-5H3. The maximum atomic E-state index is 2.74. The monoisotopic (exact) mass is 254 g/mol. The van der Waals surface area contributed by atoms with Gasteiger partial charge in [0.1, 0.15) is 0 Å². The van der Waals surface area contributed by atoms with Crippen LogP contribution in [0.1, 0.15) is 47.5 Å². The summed E-state index contributed by atoms with van der Waals surface area (Å²) in [6, 6.07) is 0. The molecule has 7 rings (SSSR count). The number of rotatable bonds is 0. The molecule has 10 unspecified atom stereocenters. The molecule has 19 heavy (non-hydrogen) atoms. The molecule has 7 aliphatic rings. The van der Waals surface area contributed by atoms with Gasteiger partial charge < -0.3 is 0 Å². The molecule has 0 aromatic heterocycles. The van der Waals surface area contributed by atoms with Gasteiger partial charge >= 0.3 is 0 Å². The van der Waals surface area contributed by atoms with Gasteiger partial charge in [-0.1, -0.05) is 34.6 Å². The molecule has 0 spiro atoms. The molecule has 0 amide bonds.